The summed E-state index contributed by atoms with van der Waals surface area (Å²) in [5, 5.41) is 10.2. The molecule has 0 bridgehead atoms. The van der Waals surface area contributed by atoms with Crippen molar-refractivity contribution in [2.75, 3.05) is 6.54 Å². The van der Waals surface area contributed by atoms with Gasteiger partial charge in [-0.1, -0.05) is 25.5 Å². The van der Waals surface area contributed by atoms with E-state index in [9.17, 15) is 14.3 Å². The molecule has 1 aliphatic heterocycles. The van der Waals surface area contributed by atoms with E-state index in [0.29, 0.717) is 11.5 Å². The molecule has 21 heavy (non-hydrogen) atoms. The Hall–Kier alpha value is -1.42. The fraction of sp³-hybridized carbons (Fsp3) is 0.588. The van der Waals surface area contributed by atoms with Gasteiger partial charge in [-0.15, -0.1) is 0 Å². The average Bonchev–Trinajstić information content (AvgIpc) is 2.60. The third-order valence-corrected chi connectivity index (χ3v) is 4.28. The Balaban J connectivity index is 2.02. The molecule has 3 unspecified atom stereocenters. The van der Waals surface area contributed by atoms with Gasteiger partial charge < -0.3 is 10.0 Å². The highest BCUT2D eigenvalue weighted by atomic mass is 19.1. The second-order valence-corrected chi connectivity index (χ2v) is 6.21. The molecule has 1 aromatic carbocycles. The first-order valence-corrected chi connectivity index (χ1v) is 7.70. The molecule has 1 heterocycles. The third-order valence-electron chi connectivity index (χ3n) is 4.28. The summed E-state index contributed by atoms with van der Waals surface area (Å²) in [5.74, 6) is 0.0500. The van der Waals surface area contributed by atoms with Gasteiger partial charge >= 0.3 is 0 Å². The Morgan fingerprint density at radius 3 is 2.90 bits per heavy atom. The molecule has 116 valence electrons. The molecule has 0 spiro atoms. The normalized spacial score (nSPS) is 24.5. The van der Waals surface area contributed by atoms with Crippen LogP contribution in [-0.2, 0) is 4.79 Å². The summed E-state index contributed by atoms with van der Waals surface area (Å²) in [5.41, 5.74) is 0.457. The second-order valence-electron chi connectivity index (χ2n) is 6.21. The maximum Gasteiger partial charge on any atom is 0.225 e. The number of halogens is 1. The van der Waals surface area contributed by atoms with E-state index in [-0.39, 0.29) is 18.4 Å². The fourth-order valence-corrected chi connectivity index (χ4v) is 2.99. The number of nitrogens with zero attached hydrogens (tertiary/aromatic N) is 1. The molecule has 4 heteroatoms. The molecule has 0 radical (unpaired) electrons. The molecule has 1 amide bonds. The average molecular weight is 293 g/mol. The van der Waals surface area contributed by atoms with E-state index in [2.05, 4.69) is 13.8 Å². The zero-order valence-corrected chi connectivity index (χ0v) is 12.8. The van der Waals surface area contributed by atoms with E-state index in [1.165, 1.54) is 12.1 Å². The molecule has 1 aliphatic rings. The van der Waals surface area contributed by atoms with Crippen LogP contribution in [0.3, 0.4) is 0 Å². The monoisotopic (exact) mass is 293 g/mol. The lowest BCUT2D eigenvalue weighted by atomic mass is 10.0. The van der Waals surface area contributed by atoms with Gasteiger partial charge in [0.15, 0.2) is 0 Å². The van der Waals surface area contributed by atoms with Crippen molar-refractivity contribution in [3.05, 3.63) is 35.6 Å². The van der Waals surface area contributed by atoms with Crippen molar-refractivity contribution in [1.82, 2.24) is 4.90 Å². The number of carbonyl (C=O) groups excluding carboxylic acids is 1. The quantitative estimate of drug-likeness (QED) is 0.929. The Morgan fingerprint density at radius 1 is 1.43 bits per heavy atom. The van der Waals surface area contributed by atoms with Crippen LogP contribution >= 0.6 is 0 Å². The molecular weight excluding hydrogens is 269 g/mol. The first-order valence-electron chi connectivity index (χ1n) is 7.70. The van der Waals surface area contributed by atoms with Crippen molar-refractivity contribution < 1.29 is 14.3 Å². The summed E-state index contributed by atoms with van der Waals surface area (Å²) >= 11 is 0. The number of aliphatic hydroxyl groups excluding tert-OH is 1. The third kappa shape index (κ3) is 4.27. The van der Waals surface area contributed by atoms with Crippen molar-refractivity contribution in [3.8, 4) is 0 Å². The Morgan fingerprint density at radius 2 is 2.19 bits per heavy atom. The summed E-state index contributed by atoms with van der Waals surface area (Å²) in [4.78, 5) is 14.3. The first kappa shape index (κ1) is 16.0. The summed E-state index contributed by atoms with van der Waals surface area (Å²) in [6.45, 7) is 4.96. The molecule has 3 nitrogen and oxygen atoms in total. The van der Waals surface area contributed by atoms with Gasteiger partial charge in [-0.2, -0.15) is 0 Å². The second kappa shape index (κ2) is 7.03. The van der Waals surface area contributed by atoms with Crippen LogP contribution in [0, 0.1) is 11.7 Å². The van der Waals surface area contributed by atoms with Crippen LogP contribution < -0.4 is 0 Å². The zero-order valence-electron chi connectivity index (χ0n) is 12.8. The van der Waals surface area contributed by atoms with Crippen LogP contribution in [0.25, 0.3) is 0 Å². The van der Waals surface area contributed by atoms with Crippen LogP contribution in [0.5, 0.6) is 0 Å². The van der Waals surface area contributed by atoms with Crippen LogP contribution in [0.2, 0.25) is 0 Å². The van der Waals surface area contributed by atoms with Gasteiger partial charge in [-0.05, 0) is 43.4 Å². The molecule has 3 atom stereocenters. The molecule has 1 saturated heterocycles. The van der Waals surface area contributed by atoms with Gasteiger partial charge in [0.1, 0.15) is 5.82 Å². The van der Waals surface area contributed by atoms with Crippen LogP contribution in [0.1, 0.15) is 51.2 Å². The molecule has 0 saturated carbocycles. The highest BCUT2D eigenvalue weighted by Gasteiger charge is 2.26. The van der Waals surface area contributed by atoms with Gasteiger partial charge in [-0.25, -0.2) is 4.39 Å². The lowest BCUT2D eigenvalue weighted by molar-refractivity contribution is -0.135. The van der Waals surface area contributed by atoms with Gasteiger partial charge in [0, 0.05) is 12.6 Å². The van der Waals surface area contributed by atoms with Crippen molar-refractivity contribution in [2.45, 2.75) is 51.7 Å². The number of likely N-dealkylation sites (tertiary alicyclic amines) is 1. The summed E-state index contributed by atoms with van der Waals surface area (Å²) in [7, 11) is 0. The number of hydrogen-bond donors (Lipinski definition) is 1. The molecule has 1 aromatic rings. The predicted octanol–water partition coefficient (Wildman–Crippen LogP) is 3.29. The van der Waals surface area contributed by atoms with Crippen LogP contribution in [0.15, 0.2) is 24.3 Å². The minimum Gasteiger partial charge on any atom is -0.388 e. The van der Waals surface area contributed by atoms with Gasteiger partial charge in [0.2, 0.25) is 5.91 Å². The highest BCUT2D eigenvalue weighted by Crippen LogP contribution is 2.24. The number of aliphatic hydroxyl groups is 1. The first-order chi connectivity index (χ1) is 9.97. The number of amides is 1. The van der Waals surface area contributed by atoms with Crippen LogP contribution in [0.4, 0.5) is 4.39 Å². The zero-order chi connectivity index (χ0) is 15.4. The molecule has 1 N–H and O–H groups in total. The summed E-state index contributed by atoms with van der Waals surface area (Å²) in [6, 6.07) is 6.02. The lowest BCUT2D eigenvalue weighted by Gasteiger charge is -2.29. The smallest absolute Gasteiger partial charge is 0.225 e. The van der Waals surface area contributed by atoms with Crippen molar-refractivity contribution in [1.29, 1.82) is 0 Å². The standard InChI is InChI=1S/C17H24FNO2/c1-12-5-3-6-13(2)19(11-12)17(21)10-16(20)14-7-4-8-15(18)9-14/h4,7-9,12-13,16,20H,3,5-6,10-11H2,1-2H3. The van der Waals surface area contributed by atoms with Gasteiger partial charge in [0.25, 0.3) is 0 Å². The van der Waals surface area contributed by atoms with Gasteiger partial charge in [0.05, 0.1) is 12.5 Å². The molecule has 0 aromatic heterocycles. The largest absolute Gasteiger partial charge is 0.388 e. The van der Waals surface area contributed by atoms with E-state index in [1.807, 2.05) is 4.90 Å². The van der Waals surface area contributed by atoms with Crippen LogP contribution in [-0.4, -0.2) is 28.5 Å². The molecule has 1 fully saturated rings. The van der Waals surface area contributed by atoms with E-state index >= 15 is 0 Å². The number of benzene rings is 1. The highest BCUT2D eigenvalue weighted by molar-refractivity contribution is 5.77. The predicted molar refractivity (Wildman–Crippen MR) is 80.2 cm³/mol. The van der Waals surface area contributed by atoms with E-state index in [1.54, 1.807) is 12.1 Å². The number of rotatable bonds is 3. The molecule has 0 aliphatic carbocycles. The minimum absolute atomic E-state index is 0.0144. The SMILES string of the molecule is CC1CCCC(C)N(C(=O)CC(O)c2cccc(F)c2)C1. The topological polar surface area (TPSA) is 40.5 Å². The fourth-order valence-electron chi connectivity index (χ4n) is 2.99. The number of carbonyl (C=O) groups is 1. The van der Waals surface area contributed by atoms with E-state index in [4.69, 9.17) is 0 Å². The van der Waals surface area contributed by atoms with Crippen molar-refractivity contribution in [3.63, 3.8) is 0 Å². The Bertz CT molecular complexity index is 491. The van der Waals surface area contributed by atoms with Crippen molar-refractivity contribution >= 4 is 5.91 Å². The molecule has 2 rings (SSSR count). The maximum absolute atomic E-state index is 13.2. The summed E-state index contributed by atoms with van der Waals surface area (Å²) < 4.78 is 13.2. The Kier molecular flexibility index (Phi) is 5.34. The van der Waals surface area contributed by atoms with E-state index < -0.39 is 11.9 Å². The number of hydrogen-bond acceptors (Lipinski definition) is 2. The minimum atomic E-state index is -0.945. The van der Waals surface area contributed by atoms with Gasteiger partial charge in [-0.3, -0.25) is 4.79 Å². The Labute approximate surface area is 125 Å². The lowest BCUT2D eigenvalue weighted by Crippen LogP contribution is -2.40. The van der Waals surface area contributed by atoms with Crippen molar-refractivity contribution in [2.24, 2.45) is 5.92 Å². The summed E-state index contributed by atoms with van der Waals surface area (Å²) in [6.07, 6.45) is 2.35. The molecular formula is C17H24FNO2. The van der Waals surface area contributed by atoms with E-state index in [0.717, 1.165) is 25.8 Å². The maximum atomic E-state index is 13.2.